The summed E-state index contributed by atoms with van der Waals surface area (Å²) in [6, 6.07) is 19.9. The van der Waals surface area contributed by atoms with Crippen LogP contribution in [0.3, 0.4) is 0 Å². The average Bonchev–Trinajstić information content (AvgIpc) is 3.20. The first-order valence-electron chi connectivity index (χ1n) is 19.6. The predicted molar refractivity (Wildman–Crippen MR) is 218 cm³/mol. The third-order valence-corrected chi connectivity index (χ3v) is 11.6. The highest BCUT2D eigenvalue weighted by molar-refractivity contribution is 5.91. The number of likely N-dealkylation sites (tertiary alicyclic amines) is 2. The van der Waals surface area contributed by atoms with E-state index < -0.39 is 24.0 Å². The number of aliphatic carboxylic acids is 2. The molecule has 0 bridgehead atoms. The molecular formula is C45H47N7O4. The number of carboxylic acids is 2. The van der Waals surface area contributed by atoms with E-state index in [-0.39, 0.29) is 0 Å². The van der Waals surface area contributed by atoms with Crippen LogP contribution in [0.5, 0.6) is 0 Å². The fourth-order valence-electron chi connectivity index (χ4n) is 8.59. The Morgan fingerprint density at radius 1 is 0.696 bits per heavy atom. The summed E-state index contributed by atoms with van der Waals surface area (Å²) in [7, 11) is 0. The van der Waals surface area contributed by atoms with Crippen molar-refractivity contribution in [2.45, 2.75) is 84.0 Å². The van der Waals surface area contributed by atoms with Crippen LogP contribution in [0.15, 0.2) is 85.5 Å². The van der Waals surface area contributed by atoms with Gasteiger partial charge in [0.15, 0.2) is 5.82 Å². The highest BCUT2D eigenvalue weighted by Crippen LogP contribution is 2.35. The lowest BCUT2D eigenvalue weighted by atomic mass is 9.91. The molecule has 2 aromatic carbocycles. The number of hydrogen-bond donors (Lipinski definition) is 3. The number of fused-ring (bicyclic) bond motifs is 2. The maximum absolute atomic E-state index is 11.9. The Bertz CT molecular complexity index is 2270. The summed E-state index contributed by atoms with van der Waals surface area (Å²) in [5.74, 6) is -0.848. The minimum atomic E-state index is -0.759. The van der Waals surface area contributed by atoms with Crippen LogP contribution in [0.4, 0.5) is 11.5 Å². The van der Waals surface area contributed by atoms with Gasteiger partial charge in [-0.25, -0.2) is 4.98 Å². The maximum Gasteiger partial charge on any atom is 0.320 e. The number of carbonyl (C=O) groups is 2. The molecule has 2 fully saturated rings. The molecule has 2 unspecified atom stereocenters. The first-order chi connectivity index (χ1) is 27.2. The predicted octanol–water partition coefficient (Wildman–Crippen LogP) is 8.07. The molecule has 0 aliphatic carbocycles. The molecule has 11 heteroatoms. The molecule has 0 radical (unpaired) electrons. The second-order valence-electron chi connectivity index (χ2n) is 15.3. The highest BCUT2D eigenvalue weighted by Gasteiger charge is 2.29. The Labute approximate surface area is 326 Å². The molecule has 0 spiro atoms. The zero-order chi connectivity index (χ0) is 38.8. The molecule has 2 saturated heterocycles. The molecule has 6 aromatic rings. The summed E-state index contributed by atoms with van der Waals surface area (Å²) >= 11 is 0. The average molecular weight is 750 g/mol. The van der Waals surface area contributed by atoms with Crippen LogP contribution < -0.4 is 5.32 Å². The SMILES string of the molecule is Cc1c(Cc2nccc3cc(CN4CCCCC4C(=O)O)cnc23)cccc1-c1cccc(Nc2nccc3cc(CN4CCCCC4C(=O)O)cnc23)c1C. The van der Waals surface area contributed by atoms with Gasteiger partial charge >= 0.3 is 11.9 Å². The maximum atomic E-state index is 11.9. The van der Waals surface area contributed by atoms with Crippen LogP contribution in [0.25, 0.3) is 32.9 Å². The van der Waals surface area contributed by atoms with Gasteiger partial charge in [0.1, 0.15) is 17.6 Å². The number of piperidine rings is 2. The van der Waals surface area contributed by atoms with E-state index in [0.29, 0.717) is 38.2 Å². The molecule has 0 saturated carbocycles. The number of hydrogen-bond acceptors (Lipinski definition) is 9. The Morgan fingerprint density at radius 2 is 1.27 bits per heavy atom. The number of carboxylic acid groups (broad SMARTS) is 2. The van der Waals surface area contributed by atoms with Crippen LogP contribution in [-0.2, 0) is 29.1 Å². The van der Waals surface area contributed by atoms with Crippen LogP contribution in [0.2, 0.25) is 0 Å². The van der Waals surface area contributed by atoms with Crippen molar-refractivity contribution >= 4 is 45.2 Å². The van der Waals surface area contributed by atoms with E-state index in [1.54, 1.807) is 6.20 Å². The molecule has 4 aromatic heterocycles. The van der Waals surface area contributed by atoms with E-state index in [0.717, 1.165) is 99.8 Å². The van der Waals surface area contributed by atoms with Gasteiger partial charge in [0.2, 0.25) is 0 Å². The quantitative estimate of drug-likeness (QED) is 0.118. The van der Waals surface area contributed by atoms with E-state index >= 15 is 0 Å². The Hall–Kier alpha value is -5.78. The molecule has 2 aliphatic rings. The third-order valence-electron chi connectivity index (χ3n) is 11.6. The van der Waals surface area contributed by atoms with Crippen molar-refractivity contribution in [1.29, 1.82) is 0 Å². The zero-order valence-electron chi connectivity index (χ0n) is 31.9. The molecular weight excluding hydrogens is 703 g/mol. The first-order valence-corrected chi connectivity index (χ1v) is 19.6. The second kappa shape index (κ2) is 16.1. The highest BCUT2D eigenvalue weighted by atomic mass is 16.4. The van der Waals surface area contributed by atoms with E-state index in [1.807, 2.05) is 35.6 Å². The van der Waals surface area contributed by atoms with Gasteiger partial charge in [-0.2, -0.15) is 0 Å². The summed E-state index contributed by atoms with van der Waals surface area (Å²) in [5, 5.41) is 25.0. The largest absolute Gasteiger partial charge is 0.480 e. The lowest BCUT2D eigenvalue weighted by Gasteiger charge is -2.32. The summed E-state index contributed by atoms with van der Waals surface area (Å²) in [5.41, 5.74) is 11.1. The molecule has 11 nitrogen and oxygen atoms in total. The van der Waals surface area contributed by atoms with Crippen LogP contribution >= 0.6 is 0 Å². The van der Waals surface area contributed by atoms with Crippen molar-refractivity contribution in [3.63, 3.8) is 0 Å². The van der Waals surface area contributed by atoms with Gasteiger partial charge in [0.05, 0.1) is 11.2 Å². The lowest BCUT2D eigenvalue weighted by molar-refractivity contribution is -0.145. The fourth-order valence-corrected chi connectivity index (χ4v) is 8.59. The second-order valence-corrected chi connectivity index (χ2v) is 15.3. The Kier molecular flexibility index (Phi) is 10.7. The molecule has 3 N–H and O–H groups in total. The standard InChI is InChI=1S/C45H47N7O4/c1-28-32(23-38-41-33(15-17-46-38)21-30(24-48-41)26-51-19-5-3-13-39(51)44(53)54)9-7-10-35(28)36-11-8-12-37(29(36)2)50-43-42-34(16-18-47-43)22-31(25-49-42)27-52-20-6-4-14-40(52)45(55)56/h7-12,15-18,21-22,24-25,39-40H,3-6,13-14,19-20,23,26-27H2,1-2H3,(H,47,50)(H,53,54)(H,55,56). The molecule has 0 amide bonds. The normalized spacial score (nSPS) is 18.0. The third kappa shape index (κ3) is 7.69. The van der Waals surface area contributed by atoms with Gasteiger partial charge in [-0.05, 0) is 122 Å². The van der Waals surface area contributed by atoms with Crippen molar-refractivity contribution in [2.75, 3.05) is 18.4 Å². The minimum absolute atomic E-state index is 0.449. The van der Waals surface area contributed by atoms with Gasteiger partial charge in [-0.3, -0.25) is 34.3 Å². The molecule has 2 aliphatic heterocycles. The van der Waals surface area contributed by atoms with Crippen LogP contribution in [-0.4, -0.2) is 77.1 Å². The van der Waals surface area contributed by atoms with Crippen molar-refractivity contribution in [1.82, 2.24) is 29.7 Å². The van der Waals surface area contributed by atoms with E-state index in [9.17, 15) is 19.8 Å². The van der Waals surface area contributed by atoms with E-state index in [2.05, 4.69) is 77.6 Å². The number of anilines is 2. The number of nitrogens with one attached hydrogen (secondary N) is 1. The Morgan fingerprint density at radius 3 is 1.91 bits per heavy atom. The van der Waals surface area contributed by atoms with Gasteiger partial charge < -0.3 is 15.5 Å². The van der Waals surface area contributed by atoms with Crippen molar-refractivity contribution < 1.29 is 19.8 Å². The number of rotatable bonds is 11. The van der Waals surface area contributed by atoms with Crippen molar-refractivity contribution in [3.05, 3.63) is 119 Å². The van der Waals surface area contributed by atoms with Gasteiger partial charge in [0.25, 0.3) is 0 Å². The number of pyridine rings is 4. The summed E-state index contributed by atoms with van der Waals surface area (Å²) in [4.78, 5) is 47.0. The molecule has 6 heterocycles. The van der Waals surface area contributed by atoms with Crippen molar-refractivity contribution in [3.8, 4) is 11.1 Å². The number of aromatic nitrogens is 4. The Balaban J connectivity index is 1.02. The van der Waals surface area contributed by atoms with Crippen molar-refractivity contribution in [2.24, 2.45) is 0 Å². The summed E-state index contributed by atoms with van der Waals surface area (Å²) < 4.78 is 0. The van der Waals surface area contributed by atoms with Gasteiger partial charge in [0, 0.05) is 60.8 Å². The topological polar surface area (TPSA) is 145 Å². The molecule has 286 valence electrons. The van der Waals surface area contributed by atoms with E-state index in [4.69, 9.17) is 15.0 Å². The molecule has 8 rings (SSSR count). The molecule has 56 heavy (non-hydrogen) atoms. The molecule has 2 atom stereocenters. The van der Waals surface area contributed by atoms with Crippen LogP contribution in [0.1, 0.15) is 72.0 Å². The van der Waals surface area contributed by atoms with E-state index in [1.165, 1.54) is 11.1 Å². The fraction of sp³-hybridized carbons (Fsp3) is 0.333. The smallest absolute Gasteiger partial charge is 0.320 e. The van der Waals surface area contributed by atoms with Gasteiger partial charge in [-0.1, -0.05) is 43.2 Å². The van der Waals surface area contributed by atoms with Crippen LogP contribution in [0, 0.1) is 13.8 Å². The summed E-state index contributed by atoms with van der Waals surface area (Å²) in [6.45, 7) is 6.94. The lowest BCUT2D eigenvalue weighted by Crippen LogP contribution is -2.44. The monoisotopic (exact) mass is 749 g/mol. The zero-order valence-corrected chi connectivity index (χ0v) is 31.9. The van der Waals surface area contributed by atoms with Gasteiger partial charge in [-0.15, -0.1) is 0 Å². The number of nitrogens with zero attached hydrogens (tertiary/aromatic N) is 6. The summed E-state index contributed by atoms with van der Waals surface area (Å²) in [6.07, 6.45) is 13.2. The minimum Gasteiger partial charge on any atom is -0.480 e. The first kappa shape index (κ1) is 37.2. The number of benzene rings is 2.